The van der Waals surface area contributed by atoms with E-state index in [-0.39, 0.29) is 18.0 Å². The Bertz CT molecular complexity index is 502. The number of nitriles is 1. The molecule has 0 spiro atoms. The van der Waals surface area contributed by atoms with E-state index >= 15 is 0 Å². The summed E-state index contributed by atoms with van der Waals surface area (Å²) in [4.78, 5) is 8.43. The van der Waals surface area contributed by atoms with E-state index in [0.717, 1.165) is 31.2 Å². The Morgan fingerprint density at radius 1 is 0.905 bits per heavy atom. The molecule has 0 aromatic carbocycles. The minimum Gasteiger partial charge on any atom is -0.474 e. The monoisotopic (exact) mass is 287 g/mol. The van der Waals surface area contributed by atoms with Crippen LogP contribution in [-0.2, 0) is 0 Å². The van der Waals surface area contributed by atoms with E-state index in [1.54, 1.807) is 0 Å². The van der Waals surface area contributed by atoms with Gasteiger partial charge >= 0.3 is 0 Å². The van der Waals surface area contributed by atoms with Crippen molar-refractivity contribution in [2.45, 2.75) is 70.5 Å². The zero-order valence-corrected chi connectivity index (χ0v) is 12.5. The van der Waals surface area contributed by atoms with Crippen molar-refractivity contribution in [3.05, 3.63) is 11.4 Å². The van der Waals surface area contributed by atoms with E-state index in [0.29, 0.717) is 11.8 Å². The van der Waals surface area contributed by atoms with E-state index in [9.17, 15) is 0 Å². The Balaban J connectivity index is 1.82. The van der Waals surface area contributed by atoms with Crippen LogP contribution in [0.15, 0.2) is 0 Å². The van der Waals surface area contributed by atoms with Crippen LogP contribution < -0.4 is 9.47 Å². The molecule has 0 N–H and O–H groups in total. The molecule has 1 aromatic rings. The quantitative estimate of drug-likeness (QED) is 0.850. The fraction of sp³-hybridized carbons (Fsp3) is 0.688. The van der Waals surface area contributed by atoms with Gasteiger partial charge in [0.15, 0.2) is 0 Å². The zero-order chi connectivity index (χ0) is 14.7. The molecule has 1 heterocycles. The molecule has 0 unspecified atom stereocenters. The third-order valence-corrected chi connectivity index (χ3v) is 4.32. The zero-order valence-electron chi connectivity index (χ0n) is 12.5. The van der Waals surface area contributed by atoms with Crippen LogP contribution in [0.25, 0.3) is 0 Å². The summed E-state index contributed by atoms with van der Waals surface area (Å²) >= 11 is 0. The molecule has 5 heteroatoms. The van der Waals surface area contributed by atoms with E-state index in [2.05, 4.69) is 9.97 Å². The lowest BCUT2D eigenvalue weighted by Gasteiger charge is -2.18. The van der Waals surface area contributed by atoms with Crippen molar-refractivity contribution >= 4 is 0 Å². The van der Waals surface area contributed by atoms with Crippen LogP contribution in [0.2, 0.25) is 0 Å². The minimum atomic E-state index is 0.126. The molecule has 0 aliphatic heterocycles. The summed E-state index contributed by atoms with van der Waals surface area (Å²) in [5, 5.41) is 9.11. The Hall–Kier alpha value is -1.83. The largest absolute Gasteiger partial charge is 0.474 e. The second-order valence-electron chi connectivity index (χ2n) is 5.94. The number of nitrogens with zero attached hydrogens (tertiary/aromatic N) is 3. The van der Waals surface area contributed by atoms with E-state index < -0.39 is 0 Å². The van der Waals surface area contributed by atoms with E-state index in [4.69, 9.17) is 14.7 Å². The molecule has 0 saturated heterocycles. The average Bonchev–Trinajstić information content (AvgIpc) is 3.16. The highest BCUT2D eigenvalue weighted by atomic mass is 16.5. The summed E-state index contributed by atoms with van der Waals surface area (Å²) in [6.07, 6.45) is 9.46. The molecule has 2 saturated carbocycles. The van der Waals surface area contributed by atoms with Crippen molar-refractivity contribution in [2.24, 2.45) is 0 Å². The van der Waals surface area contributed by atoms with Crippen LogP contribution in [0, 0.1) is 18.3 Å². The standard InChI is InChI=1S/C16H21N3O2/c1-11-15(20-12-6-2-3-7-12)18-14(10-17)19-16(11)21-13-8-4-5-9-13/h12-13H,2-9H2,1H3. The van der Waals surface area contributed by atoms with Gasteiger partial charge in [-0.25, -0.2) is 0 Å². The summed E-state index contributed by atoms with van der Waals surface area (Å²) < 4.78 is 11.9. The molecule has 0 radical (unpaired) electrons. The Morgan fingerprint density at radius 3 is 1.71 bits per heavy atom. The summed E-state index contributed by atoms with van der Waals surface area (Å²) in [6.45, 7) is 1.91. The molecular formula is C16H21N3O2. The SMILES string of the molecule is Cc1c(OC2CCCC2)nc(C#N)nc1OC1CCCC1. The second-order valence-corrected chi connectivity index (χ2v) is 5.94. The first kappa shape index (κ1) is 14.1. The first-order valence-electron chi connectivity index (χ1n) is 7.88. The van der Waals surface area contributed by atoms with Gasteiger partial charge < -0.3 is 9.47 Å². The lowest BCUT2D eigenvalue weighted by Crippen LogP contribution is -2.17. The topological polar surface area (TPSA) is 68.0 Å². The van der Waals surface area contributed by atoms with Crippen molar-refractivity contribution in [3.63, 3.8) is 0 Å². The molecule has 1 aromatic heterocycles. The summed E-state index contributed by atoms with van der Waals surface area (Å²) in [5.41, 5.74) is 0.813. The molecule has 2 fully saturated rings. The van der Waals surface area contributed by atoms with Gasteiger partial charge in [0.1, 0.15) is 18.3 Å². The summed E-state index contributed by atoms with van der Waals surface area (Å²) in [6, 6.07) is 2.00. The maximum absolute atomic E-state index is 9.11. The van der Waals surface area contributed by atoms with Crippen LogP contribution in [-0.4, -0.2) is 22.2 Å². The predicted molar refractivity (Wildman–Crippen MR) is 77.3 cm³/mol. The Morgan fingerprint density at radius 2 is 1.33 bits per heavy atom. The highest BCUT2D eigenvalue weighted by Crippen LogP contribution is 2.31. The highest BCUT2D eigenvalue weighted by Gasteiger charge is 2.23. The lowest BCUT2D eigenvalue weighted by atomic mass is 10.3. The van der Waals surface area contributed by atoms with Gasteiger partial charge in [-0.05, 0) is 58.3 Å². The van der Waals surface area contributed by atoms with Crippen molar-refractivity contribution in [1.82, 2.24) is 9.97 Å². The third kappa shape index (κ3) is 3.26. The molecule has 0 bridgehead atoms. The lowest BCUT2D eigenvalue weighted by molar-refractivity contribution is 0.183. The molecule has 0 amide bonds. The number of hydrogen-bond acceptors (Lipinski definition) is 5. The molecule has 5 nitrogen and oxygen atoms in total. The van der Waals surface area contributed by atoms with E-state index in [1.165, 1.54) is 25.7 Å². The molecule has 2 aliphatic rings. The number of rotatable bonds is 4. The first-order chi connectivity index (χ1) is 10.3. The highest BCUT2D eigenvalue weighted by molar-refractivity contribution is 5.36. The normalized spacial score (nSPS) is 19.6. The first-order valence-corrected chi connectivity index (χ1v) is 7.88. The molecule has 3 rings (SSSR count). The number of ether oxygens (including phenoxy) is 2. The minimum absolute atomic E-state index is 0.126. The van der Waals surface area contributed by atoms with Crippen molar-refractivity contribution in [3.8, 4) is 17.8 Å². The predicted octanol–water partition coefficient (Wildman–Crippen LogP) is 3.30. The van der Waals surface area contributed by atoms with Crippen LogP contribution in [0.1, 0.15) is 62.8 Å². The fourth-order valence-corrected chi connectivity index (χ4v) is 3.08. The van der Waals surface area contributed by atoms with Crippen molar-refractivity contribution in [2.75, 3.05) is 0 Å². The molecule has 21 heavy (non-hydrogen) atoms. The van der Waals surface area contributed by atoms with Gasteiger partial charge in [0, 0.05) is 0 Å². The van der Waals surface area contributed by atoms with Gasteiger partial charge in [0.25, 0.3) is 0 Å². The second kappa shape index (κ2) is 6.30. The summed E-state index contributed by atoms with van der Waals surface area (Å²) in [5.74, 6) is 1.16. The Labute approximate surface area is 125 Å². The van der Waals surface area contributed by atoms with Crippen molar-refractivity contribution < 1.29 is 9.47 Å². The maximum Gasteiger partial charge on any atom is 0.238 e. The summed E-state index contributed by atoms with van der Waals surface area (Å²) in [7, 11) is 0. The third-order valence-electron chi connectivity index (χ3n) is 4.32. The van der Waals surface area contributed by atoms with Crippen molar-refractivity contribution in [1.29, 1.82) is 5.26 Å². The van der Waals surface area contributed by atoms with Gasteiger partial charge in [-0.15, -0.1) is 0 Å². The average molecular weight is 287 g/mol. The molecule has 2 aliphatic carbocycles. The van der Waals surface area contributed by atoms with Crippen LogP contribution in [0.3, 0.4) is 0 Å². The van der Waals surface area contributed by atoms with Gasteiger partial charge in [-0.2, -0.15) is 15.2 Å². The van der Waals surface area contributed by atoms with Crippen LogP contribution >= 0.6 is 0 Å². The van der Waals surface area contributed by atoms with Gasteiger partial charge in [-0.3, -0.25) is 0 Å². The number of aromatic nitrogens is 2. The molecular weight excluding hydrogens is 266 g/mol. The smallest absolute Gasteiger partial charge is 0.238 e. The van der Waals surface area contributed by atoms with Crippen LogP contribution in [0.5, 0.6) is 11.8 Å². The van der Waals surface area contributed by atoms with E-state index in [1.807, 2.05) is 13.0 Å². The molecule has 0 atom stereocenters. The Kier molecular flexibility index (Phi) is 4.23. The van der Waals surface area contributed by atoms with Gasteiger partial charge in [0.05, 0.1) is 5.56 Å². The van der Waals surface area contributed by atoms with Gasteiger partial charge in [-0.1, -0.05) is 0 Å². The van der Waals surface area contributed by atoms with Gasteiger partial charge in [0.2, 0.25) is 17.6 Å². The fourth-order valence-electron chi connectivity index (χ4n) is 3.08. The van der Waals surface area contributed by atoms with Crippen LogP contribution in [0.4, 0.5) is 0 Å². The molecule has 112 valence electrons. The maximum atomic E-state index is 9.11. The number of hydrogen-bond donors (Lipinski definition) is 0.